The molecule has 29 heavy (non-hydrogen) atoms. The van der Waals surface area contributed by atoms with Crippen molar-refractivity contribution in [1.29, 1.82) is 0 Å². The van der Waals surface area contributed by atoms with E-state index in [1.165, 1.54) is 12.1 Å². The number of aryl methyl sites for hydroxylation is 1. The summed E-state index contributed by atoms with van der Waals surface area (Å²) in [6.45, 7) is 4.53. The van der Waals surface area contributed by atoms with Gasteiger partial charge in [-0.3, -0.25) is 19.6 Å². The normalized spacial score (nSPS) is 10.6. The first-order chi connectivity index (χ1) is 14.0. The first-order valence-electron chi connectivity index (χ1n) is 9.15. The third-order valence-electron chi connectivity index (χ3n) is 4.59. The number of nitro groups is 1. The lowest BCUT2D eigenvalue weighted by molar-refractivity contribution is -0.385. The van der Waals surface area contributed by atoms with Gasteiger partial charge in [0.25, 0.3) is 5.91 Å². The number of ether oxygens (including phenoxy) is 1. The number of nitrogens with zero attached hydrogens (tertiary/aromatic N) is 3. The number of benzene rings is 2. The molecule has 3 aromatic rings. The van der Waals surface area contributed by atoms with E-state index >= 15 is 0 Å². The Bertz CT molecular complexity index is 1010. The average molecular weight is 394 g/mol. The second-order valence-electron chi connectivity index (χ2n) is 6.58. The number of rotatable bonds is 8. The Morgan fingerprint density at radius 3 is 2.55 bits per heavy atom. The molecule has 8 heteroatoms. The highest BCUT2D eigenvalue weighted by Gasteiger charge is 2.16. The van der Waals surface area contributed by atoms with Crippen molar-refractivity contribution in [3.63, 3.8) is 0 Å². The second kappa shape index (κ2) is 9.01. The van der Waals surface area contributed by atoms with E-state index in [-0.39, 0.29) is 24.0 Å². The number of para-hydroxylation sites is 2. The molecule has 3 rings (SSSR count). The molecule has 1 N–H and O–H groups in total. The summed E-state index contributed by atoms with van der Waals surface area (Å²) < 4.78 is 7.23. The number of hydrogen-bond donors (Lipinski definition) is 1. The molecule has 0 radical (unpaired) electrons. The highest BCUT2D eigenvalue weighted by molar-refractivity contribution is 5.77. The molecule has 0 atom stereocenters. The molecular formula is C21H22N4O4. The van der Waals surface area contributed by atoms with Gasteiger partial charge < -0.3 is 10.1 Å². The van der Waals surface area contributed by atoms with E-state index < -0.39 is 4.92 Å². The van der Waals surface area contributed by atoms with Gasteiger partial charge in [0.15, 0.2) is 12.4 Å². The van der Waals surface area contributed by atoms with Crippen molar-refractivity contribution in [1.82, 2.24) is 15.1 Å². The summed E-state index contributed by atoms with van der Waals surface area (Å²) in [6.07, 6.45) is 0. The van der Waals surface area contributed by atoms with Gasteiger partial charge in [0, 0.05) is 23.9 Å². The molecule has 0 bridgehead atoms. The van der Waals surface area contributed by atoms with Crippen molar-refractivity contribution in [2.45, 2.75) is 26.9 Å². The minimum absolute atomic E-state index is 0.0655. The maximum Gasteiger partial charge on any atom is 0.310 e. The van der Waals surface area contributed by atoms with E-state index in [4.69, 9.17) is 4.74 Å². The Kier molecular flexibility index (Phi) is 6.23. The summed E-state index contributed by atoms with van der Waals surface area (Å²) in [5.41, 5.74) is 3.74. The van der Waals surface area contributed by atoms with Crippen LogP contribution in [0.25, 0.3) is 0 Å². The smallest absolute Gasteiger partial charge is 0.310 e. The summed E-state index contributed by atoms with van der Waals surface area (Å²) in [7, 11) is 0. The van der Waals surface area contributed by atoms with E-state index in [1.807, 2.05) is 48.9 Å². The quantitative estimate of drug-likeness (QED) is 0.467. The van der Waals surface area contributed by atoms with Crippen molar-refractivity contribution in [2.75, 3.05) is 6.61 Å². The Labute approximate surface area is 168 Å². The van der Waals surface area contributed by atoms with Crippen LogP contribution in [0, 0.1) is 24.0 Å². The molecule has 0 spiro atoms. The van der Waals surface area contributed by atoms with Gasteiger partial charge in [0.2, 0.25) is 0 Å². The van der Waals surface area contributed by atoms with Gasteiger partial charge in [-0.25, -0.2) is 0 Å². The van der Waals surface area contributed by atoms with Gasteiger partial charge in [-0.15, -0.1) is 0 Å². The molecule has 0 saturated heterocycles. The lowest BCUT2D eigenvalue weighted by Gasteiger charge is -2.09. The molecule has 0 aliphatic rings. The van der Waals surface area contributed by atoms with Crippen LogP contribution in [0.4, 0.5) is 5.69 Å². The van der Waals surface area contributed by atoms with Crippen LogP contribution in [0.1, 0.15) is 22.5 Å². The summed E-state index contributed by atoms with van der Waals surface area (Å²) in [5.74, 6) is -0.298. The topological polar surface area (TPSA) is 99.3 Å². The molecule has 1 amide bonds. The number of nitrogens with one attached hydrogen (secondary N) is 1. The molecule has 0 fully saturated rings. The maximum absolute atomic E-state index is 12.2. The van der Waals surface area contributed by atoms with Gasteiger partial charge in [-0.2, -0.15) is 5.10 Å². The van der Waals surface area contributed by atoms with Crippen LogP contribution in [0.5, 0.6) is 5.75 Å². The Morgan fingerprint density at radius 2 is 1.83 bits per heavy atom. The molecule has 0 unspecified atom stereocenters. The molecule has 8 nitrogen and oxygen atoms in total. The van der Waals surface area contributed by atoms with Crippen molar-refractivity contribution in [2.24, 2.45) is 0 Å². The Hall–Kier alpha value is -3.68. The number of hydrogen-bond acceptors (Lipinski definition) is 5. The van der Waals surface area contributed by atoms with Gasteiger partial charge >= 0.3 is 5.69 Å². The molecule has 1 heterocycles. The van der Waals surface area contributed by atoms with Gasteiger partial charge in [-0.1, -0.05) is 42.5 Å². The predicted octanol–water partition coefficient (Wildman–Crippen LogP) is 3.15. The summed E-state index contributed by atoms with van der Waals surface area (Å²) in [4.78, 5) is 22.6. The van der Waals surface area contributed by atoms with E-state index in [1.54, 1.807) is 12.1 Å². The first-order valence-corrected chi connectivity index (χ1v) is 9.15. The minimum Gasteiger partial charge on any atom is -0.477 e. The zero-order valence-corrected chi connectivity index (χ0v) is 16.3. The predicted molar refractivity (Wildman–Crippen MR) is 108 cm³/mol. The fraction of sp³-hybridized carbons (Fsp3) is 0.238. The fourth-order valence-corrected chi connectivity index (χ4v) is 3.01. The second-order valence-corrected chi connectivity index (χ2v) is 6.58. The molecule has 0 aliphatic carbocycles. The molecule has 2 aromatic carbocycles. The summed E-state index contributed by atoms with van der Waals surface area (Å²) >= 11 is 0. The molecule has 1 aromatic heterocycles. The molecule has 0 saturated carbocycles. The lowest BCUT2D eigenvalue weighted by Crippen LogP contribution is -2.29. The monoisotopic (exact) mass is 394 g/mol. The standard InChI is InChI=1S/C21H22N4O4/c1-15-18(16(2)24(23-15)13-17-8-4-3-5-9-17)12-22-21(26)14-29-20-11-7-6-10-19(20)25(27)28/h3-11H,12-14H2,1-2H3,(H,22,26). The number of nitro benzene ring substituents is 1. The van der Waals surface area contributed by atoms with Crippen molar-refractivity contribution >= 4 is 11.6 Å². The highest BCUT2D eigenvalue weighted by Crippen LogP contribution is 2.25. The molecule has 0 aliphatic heterocycles. The largest absolute Gasteiger partial charge is 0.477 e. The third-order valence-corrected chi connectivity index (χ3v) is 4.59. The van der Waals surface area contributed by atoms with E-state index in [0.29, 0.717) is 13.1 Å². The third kappa shape index (κ3) is 4.98. The first kappa shape index (κ1) is 20.1. The average Bonchev–Trinajstić information content (AvgIpc) is 2.98. The van der Waals surface area contributed by atoms with Crippen molar-refractivity contribution in [3.05, 3.63) is 87.2 Å². The van der Waals surface area contributed by atoms with Crippen LogP contribution in [-0.4, -0.2) is 27.2 Å². The van der Waals surface area contributed by atoms with E-state index in [2.05, 4.69) is 10.4 Å². The lowest BCUT2D eigenvalue weighted by atomic mass is 10.2. The SMILES string of the molecule is Cc1nn(Cc2ccccc2)c(C)c1CNC(=O)COc1ccccc1[N+](=O)[O-]. The van der Waals surface area contributed by atoms with Crippen LogP contribution in [-0.2, 0) is 17.9 Å². The number of aromatic nitrogens is 2. The van der Waals surface area contributed by atoms with Crippen LogP contribution in [0.15, 0.2) is 54.6 Å². The van der Waals surface area contributed by atoms with Crippen LogP contribution >= 0.6 is 0 Å². The zero-order chi connectivity index (χ0) is 20.8. The van der Waals surface area contributed by atoms with Crippen LogP contribution < -0.4 is 10.1 Å². The number of amides is 1. The summed E-state index contributed by atoms with van der Waals surface area (Å²) in [6, 6.07) is 16.0. The van der Waals surface area contributed by atoms with E-state index in [9.17, 15) is 14.9 Å². The van der Waals surface area contributed by atoms with E-state index in [0.717, 1.165) is 22.5 Å². The van der Waals surface area contributed by atoms with Crippen LogP contribution in [0.3, 0.4) is 0 Å². The van der Waals surface area contributed by atoms with Gasteiger partial charge in [-0.05, 0) is 25.5 Å². The van der Waals surface area contributed by atoms with Gasteiger partial charge in [0.1, 0.15) is 0 Å². The number of carbonyl (C=O) groups excluding carboxylic acids is 1. The van der Waals surface area contributed by atoms with Crippen molar-refractivity contribution < 1.29 is 14.5 Å². The minimum atomic E-state index is -0.541. The van der Waals surface area contributed by atoms with Crippen LogP contribution in [0.2, 0.25) is 0 Å². The Balaban J connectivity index is 1.59. The molecule has 150 valence electrons. The van der Waals surface area contributed by atoms with Crippen molar-refractivity contribution in [3.8, 4) is 5.75 Å². The zero-order valence-electron chi connectivity index (χ0n) is 16.3. The number of carbonyl (C=O) groups is 1. The molecular weight excluding hydrogens is 372 g/mol. The van der Waals surface area contributed by atoms with Gasteiger partial charge in [0.05, 0.1) is 17.2 Å². The fourth-order valence-electron chi connectivity index (χ4n) is 3.01. The summed E-state index contributed by atoms with van der Waals surface area (Å²) in [5, 5.41) is 18.4. The highest BCUT2D eigenvalue weighted by atomic mass is 16.6. The Morgan fingerprint density at radius 1 is 1.14 bits per heavy atom. The maximum atomic E-state index is 12.2.